The molecule has 2 aliphatic heterocycles. The number of nitrogens with one attached hydrogen (secondary N) is 2. The van der Waals surface area contributed by atoms with Crippen molar-refractivity contribution >= 4 is 5.91 Å². The molecule has 0 unspecified atom stereocenters. The number of aromatic amines is 1. The second kappa shape index (κ2) is 6.61. The van der Waals surface area contributed by atoms with E-state index in [9.17, 15) is 4.79 Å². The van der Waals surface area contributed by atoms with Gasteiger partial charge in [0.1, 0.15) is 5.76 Å². The molecule has 1 saturated heterocycles. The SMILES string of the molecule is Cc1cc(C[C@@H]2COC[C@@H]2NC(=O)c2n[nH]c3c2CN(C)CC3)on1. The standard InChI is InChI=1S/C17H23N5O3/c1-10-5-12(25-21-10)6-11-8-24-9-15(11)18-17(23)16-13-7-22(2)4-3-14(13)19-20-16/h5,11,15H,3-4,6-9H2,1-2H3,(H,18,23)(H,19,20)/t11-,15+/m1/s1. The predicted octanol–water partition coefficient (Wildman–Crippen LogP) is 0.682. The first-order valence-electron chi connectivity index (χ1n) is 8.65. The van der Waals surface area contributed by atoms with Crippen LogP contribution in [-0.4, -0.2) is 59.0 Å². The van der Waals surface area contributed by atoms with Crippen molar-refractivity contribution in [1.82, 2.24) is 25.6 Å². The van der Waals surface area contributed by atoms with Crippen LogP contribution in [0.25, 0.3) is 0 Å². The number of likely N-dealkylation sites (N-methyl/N-ethyl adjacent to an activating group) is 1. The van der Waals surface area contributed by atoms with Crippen molar-refractivity contribution in [3.05, 3.63) is 34.5 Å². The molecule has 0 bridgehead atoms. The minimum Gasteiger partial charge on any atom is -0.379 e. The molecule has 1 fully saturated rings. The van der Waals surface area contributed by atoms with Gasteiger partial charge in [-0.3, -0.25) is 9.89 Å². The first-order chi connectivity index (χ1) is 12.1. The van der Waals surface area contributed by atoms with E-state index >= 15 is 0 Å². The lowest BCUT2D eigenvalue weighted by molar-refractivity contribution is 0.0917. The number of carbonyl (C=O) groups is 1. The average Bonchev–Trinajstić information content (AvgIpc) is 3.28. The Morgan fingerprint density at radius 1 is 1.48 bits per heavy atom. The quantitative estimate of drug-likeness (QED) is 0.846. The summed E-state index contributed by atoms with van der Waals surface area (Å²) in [6.45, 7) is 4.74. The third-order valence-corrected chi connectivity index (χ3v) is 4.99. The third kappa shape index (κ3) is 3.32. The Morgan fingerprint density at radius 2 is 2.36 bits per heavy atom. The van der Waals surface area contributed by atoms with Crippen LogP contribution < -0.4 is 5.32 Å². The minimum atomic E-state index is -0.137. The summed E-state index contributed by atoms with van der Waals surface area (Å²) < 4.78 is 10.9. The average molecular weight is 345 g/mol. The van der Waals surface area contributed by atoms with Crippen LogP contribution in [0.15, 0.2) is 10.6 Å². The maximum atomic E-state index is 12.7. The van der Waals surface area contributed by atoms with E-state index in [-0.39, 0.29) is 17.9 Å². The number of rotatable bonds is 4. The van der Waals surface area contributed by atoms with Gasteiger partial charge in [0.15, 0.2) is 5.69 Å². The summed E-state index contributed by atoms with van der Waals surface area (Å²) in [4.78, 5) is 14.9. The van der Waals surface area contributed by atoms with Gasteiger partial charge in [0.25, 0.3) is 5.91 Å². The number of fused-ring (bicyclic) bond motifs is 1. The minimum absolute atomic E-state index is 0.0495. The first-order valence-corrected chi connectivity index (χ1v) is 8.65. The topological polar surface area (TPSA) is 96.3 Å². The van der Waals surface area contributed by atoms with Gasteiger partial charge < -0.3 is 19.5 Å². The summed E-state index contributed by atoms with van der Waals surface area (Å²) in [5.74, 6) is 0.863. The molecule has 4 rings (SSSR count). The van der Waals surface area contributed by atoms with Crippen molar-refractivity contribution in [2.75, 3.05) is 26.8 Å². The number of amides is 1. The molecule has 4 heterocycles. The lowest BCUT2D eigenvalue weighted by Gasteiger charge is -2.22. The molecule has 0 radical (unpaired) electrons. The molecule has 8 heteroatoms. The zero-order valence-electron chi connectivity index (χ0n) is 14.5. The Balaban J connectivity index is 1.44. The molecular weight excluding hydrogens is 322 g/mol. The van der Waals surface area contributed by atoms with E-state index in [4.69, 9.17) is 9.26 Å². The summed E-state index contributed by atoms with van der Waals surface area (Å²) in [6, 6.07) is 1.88. The molecule has 0 spiro atoms. The Labute approximate surface area is 145 Å². The van der Waals surface area contributed by atoms with E-state index in [0.717, 1.165) is 42.2 Å². The molecule has 25 heavy (non-hydrogen) atoms. The van der Waals surface area contributed by atoms with Gasteiger partial charge in [0.2, 0.25) is 0 Å². The Morgan fingerprint density at radius 3 is 3.16 bits per heavy atom. The highest BCUT2D eigenvalue weighted by molar-refractivity contribution is 5.94. The maximum absolute atomic E-state index is 12.7. The number of hydrogen-bond donors (Lipinski definition) is 2. The van der Waals surface area contributed by atoms with Crippen LogP contribution in [0, 0.1) is 12.8 Å². The molecular formula is C17H23N5O3. The van der Waals surface area contributed by atoms with Crippen LogP contribution in [0.3, 0.4) is 0 Å². The van der Waals surface area contributed by atoms with Crippen molar-refractivity contribution < 1.29 is 14.1 Å². The molecule has 0 aliphatic carbocycles. The molecule has 2 aromatic rings. The van der Waals surface area contributed by atoms with Gasteiger partial charge >= 0.3 is 0 Å². The first kappa shape index (κ1) is 16.3. The molecule has 2 aromatic heterocycles. The van der Waals surface area contributed by atoms with E-state index in [1.54, 1.807) is 0 Å². The molecule has 2 aliphatic rings. The summed E-state index contributed by atoms with van der Waals surface area (Å²) >= 11 is 0. The van der Waals surface area contributed by atoms with E-state index in [1.807, 2.05) is 13.0 Å². The van der Waals surface area contributed by atoms with Crippen molar-refractivity contribution in [3.63, 3.8) is 0 Å². The van der Waals surface area contributed by atoms with E-state index < -0.39 is 0 Å². The lowest BCUT2D eigenvalue weighted by atomic mass is 9.97. The fourth-order valence-corrected chi connectivity index (χ4v) is 3.58. The molecule has 134 valence electrons. The zero-order chi connectivity index (χ0) is 17.4. The van der Waals surface area contributed by atoms with Gasteiger partial charge in [-0.05, 0) is 14.0 Å². The van der Waals surface area contributed by atoms with Crippen LogP contribution in [0.1, 0.15) is 33.2 Å². The van der Waals surface area contributed by atoms with Gasteiger partial charge in [0, 0.05) is 49.2 Å². The number of nitrogens with zero attached hydrogens (tertiary/aromatic N) is 3. The lowest BCUT2D eigenvalue weighted by Crippen LogP contribution is -2.41. The van der Waals surface area contributed by atoms with Gasteiger partial charge in [-0.2, -0.15) is 5.10 Å². The van der Waals surface area contributed by atoms with Gasteiger partial charge in [0.05, 0.1) is 24.9 Å². The molecule has 2 atom stereocenters. The third-order valence-electron chi connectivity index (χ3n) is 4.99. The summed E-state index contributed by atoms with van der Waals surface area (Å²) in [7, 11) is 2.05. The molecule has 0 aromatic carbocycles. The highest BCUT2D eigenvalue weighted by Crippen LogP contribution is 2.22. The maximum Gasteiger partial charge on any atom is 0.272 e. The second-order valence-corrected chi connectivity index (χ2v) is 7.03. The fourth-order valence-electron chi connectivity index (χ4n) is 3.58. The van der Waals surface area contributed by atoms with Crippen LogP contribution in [0.4, 0.5) is 0 Å². The van der Waals surface area contributed by atoms with Crippen LogP contribution in [0.5, 0.6) is 0 Å². The smallest absolute Gasteiger partial charge is 0.272 e. The monoisotopic (exact) mass is 345 g/mol. The van der Waals surface area contributed by atoms with Crippen LogP contribution in [-0.2, 0) is 24.1 Å². The largest absolute Gasteiger partial charge is 0.379 e. The predicted molar refractivity (Wildman–Crippen MR) is 89.1 cm³/mol. The molecule has 0 saturated carbocycles. The number of hydrogen-bond acceptors (Lipinski definition) is 6. The van der Waals surface area contributed by atoms with E-state index in [2.05, 4.69) is 32.6 Å². The summed E-state index contributed by atoms with van der Waals surface area (Å²) in [5.41, 5.74) is 3.44. The van der Waals surface area contributed by atoms with Crippen molar-refractivity contribution in [3.8, 4) is 0 Å². The van der Waals surface area contributed by atoms with E-state index in [1.165, 1.54) is 0 Å². The van der Waals surface area contributed by atoms with Gasteiger partial charge in [-0.1, -0.05) is 5.16 Å². The van der Waals surface area contributed by atoms with Crippen molar-refractivity contribution in [1.29, 1.82) is 0 Å². The van der Waals surface area contributed by atoms with Gasteiger partial charge in [-0.25, -0.2) is 0 Å². The number of aromatic nitrogens is 3. The number of carbonyl (C=O) groups excluding carboxylic acids is 1. The highest BCUT2D eigenvalue weighted by atomic mass is 16.5. The highest BCUT2D eigenvalue weighted by Gasteiger charge is 2.32. The molecule has 8 nitrogen and oxygen atoms in total. The molecule has 1 amide bonds. The van der Waals surface area contributed by atoms with Gasteiger partial charge in [-0.15, -0.1) is 0 Å². The number of ether oxygens (including phenoxy) is 1. The van der Waals surface area contributed by atoms with E-state index in [0.29, 0.717) is 25.3 Å². The molecule has 2 N–H and O–H groups in total. The Bertz CT molecular complexity index is 768. The Hall–Kier alpha value is -2.19. The summed E-state index contributed by atoms with van der Waals surface area (Å²) in [5, 5.41) is 14.3. The number of H-pyrrole nitrogens is 1. The zero-order valence-corrected chi connectivity index (χ0v) is 14.5. The summed E-state index contributed by atoms with van der Waals surface area (Å²) in [6.07, 6.45) is 1.60. The normalized spacial score (nSPS) is 23.6. The second-order valence-electron chi connectivity index (χ2n) is 7.03. The van der Waals surface area contributed by atoms with Crippen LogP contribution in [0.2, 0.25) is 0 Å². The fraction of sp³-hybridized carbons (Fsp3) is 0.588. The van der Waals surface area contributed by atoms with Crippen molar-refractivity contribution in [2.24, 2.45) is 5.92 Å². The number of aryl methyl sites for hydroxylation is 1. The van der Waals surface area contributed by atoms with Crippen molar-refractivity contribution in [2.45, 2.75) is 32.4 Å². The van der Waals surface area contributed by atoms with Crippen LogP contribution >= 0.6 is 0 Å². The Kier molecular flexibility index (Phi) is 4.30.